The molecule has 0 radical (unpaired) electrons. The number of carboxylic acid groups (broad SMARTS) is 1. The lowest BCUT2D eigenvalue weighted by Gasteiger charge is -2.07. The van der Waals surface area contributed by atoms with E-state index in [-0.39, 0.29) is 11.6 Å². The molecule has 18 heavy (non-hydrogen) atoms. The van der Waals surface area contributed by atoms with Gasteiger partial charge in [-0.05, 0) is 24.6 Å². The number of benzene rings is 1. The van der Waals surface area contributed by atoms with Gasteiger partial charge in [0.15, 0.2) is 5.69 Å². The Bertz CT molecular complexity index is 584. The van der Waals surface area contributed by atoms with Crippen LogP contribution in [0.5, 0.6) is 11.6 Å². The Morgan fingerprint density at radius 1 is 1.33 bits per heavy atom. The van der Waals surface area contributed by atoms with E-state index in [0.29, 0.717) is 10.8 Å². The van der Waals surface area contributed by atoms with Crippen molar-refractivity contribution in [2.75, 3.05) is 0 Å². The monoisotopic (exact) mass is 264 g/mol. The van der Waals surface area contributed by atoms with Gasteiger partial charge in [-0.3, -0.25) is 0 Å². The number of carbonyl (C=O) groups is 1. The molecule has 92 valence electrons. The smallest absolute Gasteiger partial charge is 0.356 e. The third-order valence-electron chi connectivity index (χ3n) is 2.21. The average molecular weight is 265 g/mol. The predicted molar refractivity (Wildman–Crippen MR) is 65.3 cm³/mol. The van der Waals surface area contributed by atoms with Crippen LogP contribution < -0.4 is 4.74 Å². The number of aromatic carboxylic acids is 1. The van der Waals surface area contributed by atoms with Crippen LogP contribution in [0.2, 0.25) is 5.02 Å². The molecule has 0 spiro atoms. The largest absolute Gasteiger partial charge is 0.476 e. The van der Waals surface area contributed by atoms with Crippen molar-refractivity contribution in [3.05, 3.63) is 46.9 Å². The van der Waals surface area contributed by atoms with Crippen LogP contribution in [0.4, 0.5) is 0 Å². The van der Waals surface area contributed by atoms with Gasteiger partial charge in [0.25, 0.3) is 0 Å². The zero-order valence-electron chi connectivity index (χ0n) is 9.42. The van der Waals surface area contributed by atoms with Gasteiger partial charge in [-0.2, -0.15) is 0 Å². The third kappa shape index (κ3) is 2.75. The molecular formula is C12H9ClN2O3. The molecule has 2 aromatic rings. The van der Waals surface area contributed by atoms with E-state index in [1.165, 1.54) is 6.20 Å². The minimum Gasteiger partial charge on any atom is -0.476 e. The molecule has 0 bridgehead atoms. The van der Waals surface area contributed by atoms with Gasteiger partial charge < -0.3 is 9.84 Å². The van der Waals surface area contributed by atoms with Crippen molar-refractivity contribution >= 4 is 17.6 Å². The topological polar surface area (TPSA) is 72.3 Å². The lowest BCUT2D eigenvalue weighted by atomic mass is 10.2. The molecule has 0 saturated carbocycles. The van der Waals surface area contributed by atoms with Crippen LogP contribution in [0.1, 0.15) is 16.1 Å². The molecule has 0 saturated heterocycles. The minimum atomic E-state index is -1.13. The molecular weight excluding hydrogens is 256 g/mol. The molecule has 6 heteroatoms. The molecule has 2 rings (SSSR count). The molecule has 0 aliphatic heterocycles. The summed E-state index contributed by atoms with van der Waals surface area (Å²) in [5.74, 6) is -0.363. The van der Waals surface area contributed by atoms with Gasteiger partial charge >= 0.3 is 5.97 Å². The van der Waals surface area contributed by atoms with Crippen molar-refractivity contribution in [2.24, 2.45) is 0 Å². The first kappa shape index (κ1) is 12.3. The van der Waals surface area contributed by atoms with E-state index in [1.807, 2.05) is 13.0 Å². The van der Waals surface area contributed by atoms with E-state index in [1.54, 1.807) is 12.1 Å². The maximum atomic E-state index is 10.6. The van der Waals surface area contributed by atoms with Crippen molar-refractivity contribution in [3.8, 4) is 11.6 Å². The van der Waals surface area contributed by atoms with Crippen LogP contribution in [0.3, 0.4) is 0 Å². The second kappa shape index (κ2) is 5.01. The fourth-order valence-corrected chi connectivity index (χ4v) is 1.44. The predicted octanol–water partition coefficient (Wildman–Crippen LogP) is 2.93. The number of halogens is 1. The summed E-state index contributed by atoms with van der Waals surface area (Å²) in [6.45, 7) is 1.87. The Labute approximate surface area is 108 Å². The van der Waals surface area contributed by atoms with Gasteiger partial charge in [0, 0.05) is 5.02 Å². The van der Waals surface area contributed by atoms with Crippen LogP contribution in [-0.2, 0) is 0 Å². The number of rotatable bonds is 3. The van der Waals surface area contributed by atoms with Gasteiger partial charge in [-0.15, -0.1) is 0 Å². The summed E-state index contributed by atoms with van der Waals surface area (Å²) < 4.78 is 5.47. The molecule has 0 fully saturated rings. The van der Waals surface area contributed by atoms with Crippen molar-refractivity contribution in [1.82, 2.24) is 9.97 Å². The Morgan fingerprint density at radius 2 is 2.11 bits per heavy atom. The van der Waals surface area contributed by atoms with Crippen molar-refractivity contribution in [3.63, 3.8) is 0 Å². The van der Waals surface area contributed by atoms with Gasteiger partial charge in [-0.1, -0.05) is 17.7 Å². The van der Waals surface area contributed by atoms with Crippen molar-refractivity contribution < 1.29 is 14.6 Å². The highest BCUT2D eigenvalue weighted by Crippen LogP contribution is 2.26. The SMILES string of the molecule is Cc1ccc(Cl)cc1Oc1cnc(C(=O)O)cn1. The summed E-state index contributed by atoms with van der Waals surface area (Å²) in [6, 6.07) is 5.23. The molecule has 1 aromatic heterocycles. The molecule has 0 aliphatic carbocycles. The van der Waals surface area contributed by atoms with Gasteiger partial charge in [0.2, 0.25) is 5.88 Å². The van der Waals surface area contributed by atoms with E-state index in [9.17, 15) is 4.79 Å². The lowest BCUT2D eigenvalue weighted by molar-refractivity contribution is 0.0690. The maximum Gasteiger partial charge on any atom is 0.356 e. The maximum absolute atomic E-state index is 10.6. The van der Waals surface area contributed by atoms with Crippen molar-refractivity contribution in [2.45, 2.75) is 6.92 Å². The first-order valence-corrected chi connectivity index (χ1v) is 5.43. The van der Waals surface area contributed by atoms with Crippen LogP contribution >= 0.6 is 11.6 Å². The fourth-order valence-electron chi connectivity index (χ4n) is 1.28. The Balaban J connectivity index is 2.23. The highest BCUT2D eigenvalue weighted by Gasteiger charge is 2.07. The summed E-state index contributed by atoms with van der Waals surface area (Å²) in [7, 11) is 0. The molecule has 1 aromatic carbocycles. The lowest BCUT2D eigenvalue weighted by Crippen LogP contribution is -2.01. The quantitative estimate of drug-likeness (QED) is 0.923. The van der Waals surface area contributed by atoms with E-state index >= 15 is 0 Å². The number of hydrogen-bond acceptors (Lipinski definition) is 4. The van der Waals surface area contributed by atoms with E-state index in [4.69, 9.17) is 21.4 Å². The fraction of sp³-hybridized carbons (Fsp3) is 0.0833. The molecule has 1 N–H and O–H groups in total. The van der Waals surface area contributed by atoms with E-state index in [2.05, 4.69) is 9.97 Å². The number of ether oxygens (including phenoxy) is 1. The van der Waals surface area contributed by atoms with Crippen LogP contribution in [0.25, 0.3) is 0 Å². The van der Waals surface area contributed by atoms with Crippen LogP contribution in [0.15, 0.2) is 30.6 Å². The van der Waals surface area contributed by atoms with Crippen LogP contribution in [-0.4, -0.2) is 21.0 Å². The zero-order valence-corrected chi connectivity index (χ0v) is 10.2. The number of carboxylic acids is 1. The standard InChI is InChI=1S/C12H9ClN2O3/c1-7-2-3-8(13)4-10(7)18-11-6-14-9(5-15-11)12(16)17/h2-6H,1H3,(H,16,17). The summed E-state index contributed by atoms with van der Waals surface area (Å²) in [6.07, 6.45) is 2.39. The highest BCUT2D eigenvalue weighted by atomic mass is 35.5. The molecule has 1 heterocycles. The Morgan fingerprint density at radius 3 is 2.72 bits per heavy atom. The third-order valence-corrected chi connectivity index (χ3v) is 2.45. The highest BCUT2D eigenvalue weighted by molar-refractivity contribution is 6.30. The zero-order chi connectivity index (χ0) is 13.1. The molecule has 0 amide bonds. The normalized spacial score (nSPS) is 10.1. The second-order valence-corrected chi connectivity index (χ2v) is 3.99. The Kier molecular flexibility index (Phi) is 3.43. The Hall–Kier alpha value is -2.14. The van der Waals surface area contributed by atoms with Gasteiger partial charge in [-0.25, -0.2) is 14.8 Å². The summed E-state index contributed by atoms with van der Waals surface area (Å²) >= 11 is 5.86. The summed E-state index contributed by atoms with van der Waals surface area (Å²) in [5, 5.41) is 9.23. The average Bonchev–Trinajstić information content (AvgIpc) is 2.34. The summed E-state index contributed by atoms with van der Waals surface area (Å²) in [4.78, 5) is 18.2. The first-order valence-electron chi connectivity index (χ1n) is 5.05. The minimum absolute atomic E-state index is 0.134. The number of aromatic nitrogens is 2. The van der Waals surface area contributed by atoms with Crippen LogP contribution in [0, 0.1) is 6.92 Å². The summed E-state index contributed by atoms with van der Waals surface area (Å²) in [5.41, 5.74) is 0.758. The van der Waals surface area contributed by atoms with Crippen molar-refractivity contribution in [1.29, 1.82) is 0 Å². The number of hydrogen-bond donors (Lipinski definition) is 1. The van der Waals surface area contributed by atoms with Gasteiger partial charge in [0.05, 0.1) is 12.4 Å². The van der Waals surface area contributed by atoms with Gasteiger partial charge in [0.1, 0.15) is 5.75 Å². The van der Waals surface area contributed by atoms with E-state index in [0.717, 1.165) is 11.8 Å². The molecule has 5 nitrogen and oxygen atoms in total. The number of nitrogens with zero attached hydrogens (tertiary/aromatic N) is 2. The number of aryl methyl sites for hydroxylation is 1. The second-order valence-electron chi connectivity index (χ2n) is 3.56. The molecule has 0 atom stereocenters. The first-order chi connectivity index (χ1) is 8.56. The van der Waals surface area contributed by atoms with E-state index < -0.39 is 5.97 Å². The molecule has 0 unspecified atom stereocenters. The molecule has 0 aliphatic rings.